The second-order valence-electron chi connectivity index (χ2n) is 7.21. The summed E-state index contributed by atoms with van der Waals surface area (Å²) in [5.74, 6) is -1.06. The van der Waals surface area contributed by atoms with Gasteiger partial charge in [0.05, 0.1) is 19.0 Å². The number of aliphatic carboxylic acids is 1. The van der Waals surface area contributed by atoms with Crippen LogP contribution < -0.4 is 16.2 Å². The summed E-state index contributed by atoms with van der Waals surface area (Å²) in [7, 11) is 0. The molecule has 0 aliphatic carbocycles. The van der Waals surface area contributed by atoms with Crippen LogP contribution in [-0.4, -0.2) is 21.7 Å². The molecule has 9 heteroatoms. The van der Waals surface area contributed by atoms with E-state index >= 15 is 0 Å². The lowest BCUT2D eigenvalue weighted by molar-refractivity contribution is -0.137. The SMILES string of the molecule is Cc1ccc(C(CC(=O)O)NC(=O)Nc2cccn(Cc3c(Cl)cccc3Cl)c2=O)cc1. The predicted molar refractivity (Wildman–Crippen MR) is 125 cm³/mol. The van der Waals surface area contributed by atoms with Crippen LogP contribution >= 0.6 is 23.2 Å². The van der Waals surface area contributed by atoms with Crippen LogP contribution in [0, 0.1) is 6.92 Å². The summed E-state index contributed by atoms with van der Waals surface area (Å²) in [4.78, 5) is 36.7. The average molecular weight is 474 g/mol. The van der Waals surface area contributed by atoms with Gasteiger partial charge in [0.1, 0.15) is 5.69 Å². The van der Waals surface area contributed by atoms with Gasteiger partial charge < -0.3 is 20.3 Å². The zero-order chi connectivity index (χ0) is 23.3. The number of hydrogen-bond donors (Lipinski definition) is 3. The van der Waals surface area contributed by atoms with Crippen LogP contribution in [-0.2, 0) is 11.3 Å². The van der Waals surface area contributed by atoms with Crippen LogP contribution in [0.5, 0.6) is 0 Å². The quantitative estimate of drug-likeness (QED) is 0.456. The molecule has 2 aromatic carbocycles. The summed E-state index contributed by atoms with van der Waals surface area (Å²) >= 11 is 12.4. The van der Waals surface area contributed by atoms with E-state index in [9.17, 15) is 19.5 Å². The van der Waals surface area contributed by atoms with Gasteiger partial charge in [-0.1, -0.05) is 59.1 Å². The van der Waals surface area contributed by atoms with Gasteiger partial charge in [0.15, 0.2) is 0 Å². The van der Waals surface area contributed by atoms with E-state index in [1.54, 1.807) is 42.6 Å². The van der Waals surface area contributed by atoms with E-state index in [-0.39, 0.29) is 18.7 Å². The molecule has 0 aliphatic rings. The summed E-state index contributed by atoms with van der Waals surface area (Å²) in [6.45, 7) is 2.03. The Balaban J connectivity index is 1.78. The molecule has 0 fully saturated rings. The lowest BCUT2D eigenvalue weighted by Gasteiger charge is -2.18. The lowest BCUT2D eigenvalue weighted by Crippen LogP contribution is -2.36. The number of rotatable bonds is 7. The molecule has 3 aromatic rings. The van der Waals surface area contributed by atoms with Gasteiger partial charge in [-0.05, 0) is 36.8 Å². The number of carbonyl (C=O) groups excluding carboxylic acids is 1. The van der Waals surface area contributed by atoms with Gasteiger partial charge in [-0.2, -0.15) is 0 Å². The molecule has 1 unspecified atom stereocenters. The van der Waals surface area contributed by atoms with Crippen molar-refractivity contribution in [1.29, 1.82) is 0 Å². The molecule has 1 atom stereocenters. The molecule has 0 aliphatic heterocycles. The zero-order valence-electron chi connectivity index (χ0n) is 17.1. The molecule has 32 heavy (non-hydrogen) atoms. The van der Waals surface area contributed by atoms with E-state index in [1.165, 1.54) is 10.6 Å². The molecule has 1 heterocycles. The third kappa shape index (κ3) is 5.90. The van der Waals surface area contributed by atoms with E-state index in [1.807, 2.05) is 19.1 Å². The summed E-state index contributed by atoms with van der Waals surface area (Å²) < 4.78 is 1.37. The number of hydrogen-bond acceptors (Lipinski definition) is 3. The number of halogens is 2. The fraction of sp³-hybridized carbons (Fsp3) is 0.174. The maximum atomic E-state index is 12.8. The lowest BCUT2D eigenvalue weighted by atomic mass is 10.0. The van der Waals surface area contributed by atoms with Gasteiger partial charge in [0.25, 0.3) is 5.56 Å². The third-order valence-corrected chi connectivity index (χ3v) is 5.53. The van der Waals surface area contributed by atoms with Crippen LogP contribution in [0.3, 0.4) is 0 Å². The van der Waals surface area contributed by atoms with E-state index in [0.717, 1.165) is 5.56 Å². The number of aromatic nitrogens is 1. The summed E-state index contributed by atoms with van der Waals surface area (Å²) in [5, 5.41) is 15.2. The second kappa shape index (κ2) is 10.3. The molecule has 3 N–H and O–H groups in total. The fourth-order valence-electron chi connectivity index (χ4n) is 3.15. The average Bonchev–Trinajstić information content (AvgIpc) is 2.73. The van der Waals surface area contributed by atoms with Crippen molar-refractivity contribution in [3.8, 4) is 0 Å². The largest absolute Gasteiger partial charge is 0.481 e. The Hall–Kier alpha value is -3.29. The highest BCUT2D eigenvalue weighted by molar-refractivity contribution is 6.35. The molecule has 166 valence electrons. The van der Waals surface area contributed by atoms with Crippen molar-refractivity contribution in [2.75, 3.05) is 5.32 Å². The topological polar surface area (TPSA) is 100 Å². The first-order valence-corrected chi connectivity index (χ1v) is 10.5. The first kappa shape index (κ1) is 23.4. The normalized spacial score (nSPS) is 11.6. The number of carbonyl (C=O) groups is 2. The number of carboxylic acid groups (broad SMARTS) is 1. The first-order chi connectivity index (χ1) is 15.2. The van der Waals surface area contributed by atoms with Gasteiger partial charge >= 0.3 is 12.0 Å². The van der Waals surface area contributed by atoms with E-state index in [2.05, 4.69) is 10.6 Å². The fourth-order valence-corrected chi connectivity index (χ4v) is 3.67. The van der Waals surface area contributed by atoms with Crippen molar-refractivity contribution in [3.63, 3.8) is 0 Å². The van der Waals surface area contributed by atoms with E-state index in [0.29, 0.717) is 21.2 Å². The molecule has 0 spiro atoms. The minimum Gasteiger partial charge on any atom is -0.481 e. The van der Waals surface area contributed by atoms with Crippen molar-refractivity contribution in [2.24, 2.45) is 0 Å². The number of aryl methyl sites for hydroxylation is 1. The van der Waals surface area contributed by atoms with Gasteiger partial charge in [-0.25, -0.2) is 4.79 Å². The van der Waals surface area contributed by atoms with Crippen molar-refractivity contribution < 1.29 is 14.7 Å². The number of amides is 2. The van der Waals surface area contributed by atoms with Crippen LogP contribution in [0.15, 0.2) is 65.6 Å². The van der Waals surface area contributed by atoms with Crippen LogP contribution in [0.4, 0.5) is 10.5 Å². The summed E-state index contributed by atoms with van der Waals surface area (Å²) in [6, 6.07) is 13.9. The number of nitrogens with zero attached hydrogens (tertiary/aromatic N) is 1. The van der Waals surface area contributed by atoms with Crippen molar-refractivity contribution in [3.05, 3.63) is 97.9 Å². The molecule has 7 nitrogen and oxygen atoms in total. The Bertz CT molecular complexity index is 1170. The minimum atomic E-state index is -1.06. The standard InChI is InChI=1S/C23H21Cl2N3O4/c1-14-7-9-15(10-8-14)20(12-21(29)30)27-23(32)26-19-6-3-11-28(22(19)31)13-16-17(24)4-2-5-18(16)25/h2-11,20H,12-13H2,1H3,(H,29,30)(H2,26,27,32). The summed E-state index contributed by atoms with van der Waals surface area (Å²) in [6.07, 6.45) is 1.26. The Kier molecular flexibility index (Phi) is 7.56. The number of nitrogens with one attached hydrogen (secondary N) is 2. The highest BCUT2D eigenvalue weighted by Gasteiger charge is 2.19. The molecule has 0 bridgehead atoms. The van der Waals surface area contributed by atoms with Gasteiger partial charge in [0, 0.05) is 21.8 Å². The Morgan fingerprint density at radius 2 is 1.69 bits per heavy atom. The smallest absolute Gasteiger partial charge is 0.319 e. The highest BCUT2D eigenvalue weighted by atomic mass is 35.5. The molecule has 3 rings (SSSR count). The zero-order valence-corrected chi connectivity index (χ0v) is 18.7. The number of anilines is 1. The monoisotopic (exact) mass is 473 g/mol. The Morgan fingerprint density at radius 1 is 1.03 bits per heavy atom. The van der Waals surface area contributed by atoms with Crippen molar-refractivity contribution in [1.82, 2.24) is 9.88 Å². The number of urea groups is 1. The highest BCUT2D eigenvalue weighted by Crippen LogP contribution is 2.25. The number of carboxylic acids is 1. The maximum absolute atomic E-state index is 12.8. The minimum absolute atomic E-state index is 0.0335. The predicted octanol–water partition coefficient (Wildman–Crippen LogP) is 4.85. The van der Waals surface area contributed by atoms with Gasteiger partial charge in [-0.15, -0.1) is 0 Å². The van der Waals surface area contributed by atoms with E-state index < -0.39 is 23.6 Å². The molecular weight excluding hydrogens is 453 g/mol. The molecule has 0 saturated heterocycles. The van der Waals surface area contributed by atoms with Crippen molar-refractivity contribution in [2.45, 2.75) is 25.9 Å². The molecule has 1 aromatic heterocycles. The molecule has 2 amide bonds. The van der Waals surface area contributed by atoms with Gasteiger partial charge in [0.2, 0.25) is 0 Å². The molecular formula is C23H21Cl2N3O4. The second-order valence-corrected chi connectivity index (χ2v) is 8.03. The molecule has 0 radical (unpaired) electrons. The van der Waals surface area contributed by atoms with Gasteiger partial charge in [-0.3, -0.25) is 9.59 Å². The van der Waals surface area contributed by atoms with Crippen LogP contribution in [0.25, 0.3) is 0 Å². The third-order valence-electron chi connectivity index (χ3n) is 4.82. The number of pyridine rings is 1. The van der Waals surface area contributed by atoms with Crippen LogP contribution in [0.1, 0.15) is 29.2 Å². The molecule has 0 saturated carbocycles. The summed E-state index contributed by atoms with van der Waals surface area (Å²) in [5.41, 5.74) is 1.82. The maximum Gasteiger partial charge on any atom is 0.319 e. The Labute approximate surface area is 194 Å². The number of benzene rings is 2. The Morgan fingerprint density at radius 3 is 2.31 bits per heavy atom. The van der Waals surface area contributed by atoms with Crippen LogP contribution in [0.2, 0.25) is 10.0 Å². The first-order valence-electron chi connectivity index (χ1n) is 9.73. The van der Waals surface area contributed by atoms with Crippen molar-refractivity contribution >= 4 is 40.9 Å². The van der Waals surface area contributed by atoms with E-state index in [4.69, 9.17) is 23.2 Å².